The molecule has 0 amide bonds. The molecule has 0 heterocycles. The van der Waals surface area contributed by atoms with Gasteiger partial charge in [-0.3, -0.25) is 0 Å². The maximum Gasteiger partial charge on any atom is 0.148 e. The standard InChI is InChI=1S/C13H21FN2O/c1-5-9(3)16(6-2)12-8-13(17-4)11(15)7-10(12)14/h7-9H,5-6,15H2,1-4H3. The van der Waals surface area contributed by atoms with Crippen molar-refractivity contribution in [2.75, 3.05) is 24.3 Å². The van der Waals surface area contributed by atoms with Gasteiger partial charge < -0.3 is 15.4 Å². The van der Waals surface area contributed by atoms with Gasteiger partial charge in [0.25, 0.3) is 0 Å². The van der Waals surface area contributed by atoms with E-state index in [1.807, 2.05) is 11.8 Å². The molecule has 0 radical (unpaired) electrons. The molecule has 96 valence electrons. The van der Waals surface area contributed by atoms with Crippen LogP contribution in [0.2, 0.25) is 0 Å². The van der Waals surface area contributed by atoms with Crippen LogP contribution >= 0.6 is 0 Å². The minimum atomic E-state index is -0.301. The normalized spacial score (nSPS) is 12.3. The summed E-state index contributed by atoms with van der Waals surface area (Å²) in [6.45, 7) is 6.92. The third-order valence-electron chi connectivity index (χ3n) is 3.07. The molecule has 17 heavy (non-hydrogen) atoms. The summed E-state index contributed by atoms with van der Waals surface area (Å²) in [7, 11) is 1.53. The highest BCUT2D eigenvalue weighted by Gasteiger charge is 2.17. The van der Waals surface area contributed by atoms with Crippen molar-refractivity contribution in [2.45, 2.75) is 33.2 Å². The molecule has 1 aromatic carbocycles. The van der Waals surface area contributed by atoms with Gasteiger partial charge in [0.15, 0.2) is 0 Å². The topological polar surface area (TPSA) is 38.5 Å². The zero-order chi connectivity index (χ0) is 13.0. The molecule has 1 rings (SSSR count). The summed E-state index contributed by atoms with van der Waals surface area (Å²) in [5.74, 6) is 0.216. The van der Waals surface area contributed by atoms with Crippen molar-refractivity contribution in [2.24, 2.45) is 0 Å². The second-order valence-corrected chi connectivity index (χ2v) is 4.09. The Balaban J connectivity index is 3.19. The van der Waals surface area contributed by atoms with Crippen molar-refractivity contribution >= 4 is 11.4 Å². The second kappa shape index (κ2) is 5.75. The summed E-state index contributed by atoms with van der Waals surface area (Å²) in [5.41, 5.74) is 6.54. The van der Waals surface area contributed by atoms with Crippen molar-refractivity contribution in [3.8, 4) is 5.75 Å². The Morgan fingerprint density at radius 1 is 1.41 bits per heavy atom. The fourth-order valence-electron chi connectivity index (χ4n) is 1.89. The van der Waals surface area contributed by atoms with E-state index < -0.39 is 0 Å². The summed E-state index contributed by atoms with van der Waals surface area (Å²) in [6.07, 6.45) is 0.958. The fourth-order valence-corrected chi connectivity index (χ4v) is 1.89. The van der Waals surface area contributed by atoms with Crippen LogP contribution in [0.5, 0.6) is 5.75 Å². The predicted molar refractivity (Wildman–Crippen MR) is 70.1 cm³/mol. The fraction of sp³-hybridized carbons (Fsp3) is 0.538. The van der Waals surface area contributed by atoms with Crippen LogP contribution in [0.1, 0.15) is 27.2 Å². The van der Waals surface area contributed by atoms with E-state index in [4.69, 9.17) is 10.5 Å². The van der Waals surface area contributed by atoms with E-state index in [0.717, 1.165) is 13.0 Å². The molecule has 0 aliphatic rings. The largest absolute Gasteiger partial charge is 0.495 e. The third-order valence-corrected chi connectivity index (χ3v) is 3.07. The molecule has 0 aromatic heterocycles. The lowest BCUT2D eigenvalue weighted by atomic mass is 10.1. The first-order valence-corrected chi connectivity index (χ1v) is 5.94. The van der Waals surface area contributed by atoms with Crippen LogP contribution in [0.3, 0.4) is 0 Å². The number of hydrogen-bond acceptors (Lipinski definition) is 3. The first-order chi connectivity index (χ1) is 8.04. The molecule has 0 saturated heterocycles. The Hall–Kier alpha value is -1.45. The summed E-state index contributed by atoms with van der Waals surface area (Å²) in [6, 6.07) is 3.27. The van der Waals surface area contributed by atoms with Gasteiger partial charge in [0.1, 0.15) is 11.6 Å². The first-order valence-electron chi connectivity index (χ1n) is 5.94. The predicted octanol–water partition coefficient (Wildman–Crippen LogP) is 3.04. The van der Waals surface area contributed by atoms with Crippen molar-refractivity contribution in [3.05, 3.63) is 17.9 Å². The Kier molecular flexibility index (Phi) is 4.61. The maximum absolute atomic E-state index is 13.9. The van der Waals surface area contributed by atoms with E-state index >= 15 is 0 Å². The molecule has 0 aliphatic carbocycles. The molecular formula is C13H21FN2O. The molecule has 0 fully saturated rings. The summed E-state index contributed by atoms with van der Waals surface area (Å²) < 4.78 is 19.1. The van der Waals surface area contributed by atoms with Crippen molar-refractivity contribution in [1.29, 1.82) is 0 Å². The number of anilines is 2. The van der Waals surface area contributed by atoms with E-state index in [9.17, 15) is 4.39 Å². The van der Waals surface area contributed by atoms with Gasteiger partial charge in [0, 0.05) is 24.7 Å². The zero-order valence-electron chi connectivity index (χ0n) is 11.0. The molecule has 4 heteroatoms. The summed E-state index contributed by atoms with van der Waals surface area (Å²) in [4.78, 5) is 2.01. The Labute approximate surface area is 102 Å². The molecule has 0 saturated carbocycles. The highest BCUT2D eigenvalue weighted by molar-refractivity contribution is 5.63. The lowest BCUT2D eigenvalue weighted by Gasteiger charge is -2.30. The van der Waals surface area contributed by atoms with Gasteiger partial charge in [0.05, 0.1) is 18.5 Å². The highest BCUT2D eigenvalue weighted by atomic mass is 19.1. The average molecular weight is 240 g/mol. The van der Waals surface area contributed by atoms with Gasteiger partial charge in [-0.05, 0) is 20.3 Å². The van der Waals surface area contributed by atoms with Gasteiger partial charge in [-0.2, -0.15) is 0 Å². The van der Waals surface area contributed by atoms with Gasteiger partial charge in [0.2, 0.25) is 0 Å². The van der Waals surface area contributed by atoms with E-state index in [1.165, 1.54) is 13.2 Å². The van der Waals surface area contributed by atoms with Crippen molar-refractivity contribution in [3.63, 3.8) is 0 Å². The minimum Gasteiger partial charge on any atom is -0.495 e. The molecule has 3 nitrogen and oxygen atoms in total. The van der Waals surface area contributed by atoms with Crippen LogP contribution in [-0.2, 0) is 0 Å². The number of benzene rings is 1. The number of nitrogen functional groups attached to an aromatic ring is 1. The van der Waals surface area contributed by atoms with Gasteiger partial charge >= 0.3 is 0 Å². The number of nitrogens with two attached hydrogens (primary N) is 1. The van der Waals surface area contributed by atoms with Crippen LogP contribution in [0.15, 0.2) is 12.1 Å². The van der Waals surface area contributed by atoms with Gasteiger partial charge in [-0.15, -0.1) is 0 Å². The zero-order valence-corrected chi connectivity index (χ0v) is 11.0. The number of hydrogen-bond donors (Lipinski definition) is 1. The van der Waals surface area contributed by atoms with Crippen LogP contribution in [-0.4, -0.2) is 19.7 Å². The van der Waals surface area contributed by atoms with Gasteiger partial charge in [-0.25, -0.2) is 4.39 Å². The summed E-state index contributed by atoms with van der Waals surface area (Å²) >= 11 is 0. The molecule has 0 bridgehead atoms. The average Bonchev–Trinajstić information content (AvgIpc) is 2.32. The van der Waals surface area contributed by atoms with Crippen LogP contribution in [0.4, 0.5) is 15.8 Å². The third kappa shape index (κ3) is 2.81. The van der Waals surface area contributed by atoms with Crippen LogP contribution in [0.25, 0.3) is 0 Å². The number of nitrogens with zero attached hydrogens (tertiary/aromatic N) is 1. The van der Waals surface area contributed by atoms with E-state index in [2.05, 4.69) is 13.8 Å². The second-order valence-electron chi connectivity index (χ2n) is 4.09. The number of ether oxygens (including phenoxy) is 1. The molecule has 1 atom stereocenters. The Morgan fingerprint density at radius 3 is 2.53 bits per heavy atom. The number of halogens is 1. The SMILES string of the molecule is CCC(C)N(CC)c1cc(OC)c(N)cc1F. The Morgan fingerprint density at radius 2 is 2.06 bits per heavy atom. The molecule has 0 spiro atoms. The lowest BCUT2D eigenvalue weighted by molar-refractivity contribution is 0.415. The smallest absolute Gasteiger partial charge is 0.148 e. The lowest BCUT2D eigenvalue weighted by Crippen LogP contribution is -2.33. The van der Waals surface area contributed by atoms with Crippen molar-refractivity contribution in [1.82, 2.24) is 0 Å². The van der Waals surface area contributed by atoms with E-state index in [-0.39, 0.29) is 11.9 Å². The van der Waals surface area contributed by atoms with E-state index in [0.29, 0.717) is 17.1 Å². The monoisotopic (exact) mass is 240 g/mol. The van der Waals surface area contributed by atoms with Gasteiger partial charge in [-0.1, -0.05) is 6.92 Å². The molecule has 0 aliphatic heterocycles. The van der Waals surface area contributed by atoms with Crippen LogP contribution in [0, 0.1) is 5.82 Å². The summed E-state index contributed by atoms with van der Waals surface area (Å²) in [5, 5.41) is 0. The molecule has 1 unspecified atom stereocenters. The highest BCUT2D eigenvalue weighted by Crippen LogP contribution is 2.31. The Bertz CT molecular complexity index is 382. The number of methoxy groups -OCH3 is 1. The molecule has 1 aromatic rings. The van der Waals surface area contributed by atoms with Crippen LogP contribution < -0.4 is 15.4 Å². The maximum atomic E-state index is 13.9. The first kappa shape index (κ1) is 13.6. The number of rotatable bonds is 5. The molecule has 2 N–H and O–H groups in total. The van der Waals surface area contributed by atoms with Crippen molar-refractivity contribution < 1.29 is 9.13 Å². The van der Waals surface area contributed by atoms with E-state index in [1.54, 1.807) is 6.07 Å². The minimum absolute atomic E-state index is 0.280. The molecular weight excluding hydrogens is 219 g/mol. The quantitative estimate of drug-likeness (QED) is 0.804.